The Bertz CT molecular complexity index is 818. The van der Waals surface area contributed by atoms with Crippen LogP contribution in [-0.4, -0.2) is 19.1 Å². The number of nitrogens with one attached hydrogen (secondary N) is 2. The Morgan fingerprint density at radius 3 is 2.63 bits per heavy atom. The topological polar surface area (TPSA) is 50.4 Å². The molecule has 0 spiro atoms. The fourth-order valence-electron chi connectivity index (χ4n) is 2.83. The van der Waals surface area contributed by atoms with Crippen LogP contribution in [0.4, 0.5) is 28.9 Å². The number of hydrogen-bond donors (Lipinski definition) is 2. The predicted molar refractivity (Wildman–Crippen MR) is 91.9 cm³/mol. The molecule has 1 aliphatic heterocycles. The second-order valence-corrected chi connectivity index (χ2v) is 6.25. The van der Waals surface area contributed by atoms with E-state index in [-0.39, 0.29) is 35.3 Å². The number of para-hydroxylation sites is 1. The molecule has 27 heavy (non-hydrogen) atoms. The lowest BCUT2D eigenvalue weighted by Gasteiger charge is -2.15. The smallest absolute Gasteiger partial charge is 0.381 e. The van der Waals surface area contributed by atoms with Gasteiger partial charge >= 0.3 is 6.18 Å². The van der Waals surface area contributed by atoms with Gasteiger partial charge in [0.05, 0.1) is 23.8 Å². The molecule has 0 bridgehead atoms. The zero-order chi connectivity index (χ0) is 19.4. The largest absolute Gasteiger partial charge is 0.418 e. The predicted octanol–water partition coefficient (Wildman–Crippen LogP) is 4.24. The van der Waals surface area contributed by atoms with E-state index in [1.54, 1.807) is 0 Å². The van der Waals surface area contributed by atoms with Crippen molar-refractivity contribution in [3.05, 3.63) is 59.4 Å². The number of ether oxygens (including phenoxy) is 1. The second-order valence-electron chi connectivity index (χ2n) is 6.25. The first kappa shape index (κ1) is 19.2. The quantitative estimate of drug-likeness (QED) is 0.761. The molecule has 2 aromatic carbocycles. The van der Waals surface area contributed by atoms with Crippen LogP contribution in [0.2, 0.25) is 0 Å². The Kier molecular flexibility index (Phi) is 5.65. The molecule has 1 atom stereocenters. The number of benzene rings is 2. The average molecular weight is 382 g/mol. The van der Waals surface area contributed by atoms with Gasteiger partial charge in [0.15, 0.2) is 0 Å². The molecular formula is C19H18F4N2O2. The Morgan fingerprint density at radius 1 is 1.19 bits per heavy atom. The van der Waals surface area contributed by atoms with E-state index in [0.717, 1.165) is 12.1 Å². The number of rotatable bonds is 5. The van der Waals surface area contributed by atoms with Crippen LogP contribution in [0.1, 0.15) is 17.5 Å². The minimum atomic E-state index is -4.52. The van der Waals surface area contributed by atoms with Crippen molar-refractivity contribution in [1.29, 1.82) is 0 Å². The number of alkyl halides is 3. The van der Waals surface area contributed by atoms with Crippen molar-refractivity contribution in [1.82, 2.24) is 5.32 Å². The third kappa shape index (κ3) is 4.77. The van der Waals surface area contributed by atoms with Gasteiger partial charge < -0.3 is 15.4 Å². The van der Waals surface area contributed by atoms with Crippen LogP contribution in [0.25, 0.3) is 0 Å². The molecule has 2 aromatic rings. The molecular weight excluding hydrogens is 364 g/mol. The molecule has 1 heterocycles. The molecule has 1 fully saturated rings. The zero-order valence-electron chi connectivity index (χ0n) is 14.3. The van der Waals surface area contributed by atoms with Gasteiger partial charge in [-0.05, 0) is 30.7 Å². The lowest BCUT2D eigenvalue weighted by Crippen LogP contribution is -2.30. The van der Waals surface area contributed by atoms with E-state index >= 15 is 0 Å². The van der Waals surface area contributed by atoms with E-state index in [9.17, 15) is 22.4 Å². The Labute approximate surface area is 153 Å². The van der Waals surface area contributed by atoms with E-state index < -0.39 is 17.6 Å². The molecule has 1 amide bonds. The summed E-state index contributed by atoms with van der Waals surface area (Å²) in [4.78, 5) is 11.9. The van der Waals surface area contributed by atoms with Gasteiger partial charge in [-0.1, -0.05) is 18.2 Å². The monoisotopic (exact) mass is 382 g/mol. The molecule has 1 saturated heterocycles. The lowest BCUT2D eigenvalue weighted by molar-refractivity contribution is -0.137. The number of anilines is 2. The Hall–Kier alpha value is -2.61. The van der Waals surface area contributed by atoms with Crippen LogP contribution in [-0.2, 0) is 22.3 Å². The van der Waals surface area contributed by atoms with Crippen LogP contribution in [0.5, 0.6) is 0 Å². The molecule has 8 heteroatoms. The van der Waals surface area contributed by atoms with Crippen molar-refractivity contribution in [3.63, 3.8) is 0 Å². The molecule has 0 aliphatic carbocycles. The van der Waals surface area contributed by atoms with Gasteiger partial charge in [0.1, 0.15) is 5.82 Å². The van der Waals surface area contributed by atoms with Crippen molar-refractivity contribution >= 4 is 17.3 Å². The summed E-state index contributed by atoms with van der Waals surface area (Å²) in [5.74, 6) is -1.05. The van der Waals surface area contributed by atoms with Crippen LogP contribution >= 0.6 is 0 Å². The first-order valence-corrected chi connectivity index (χ1v) is 8.42. The van der Waals surface area contributed by atoms with Crippen molar-refractivity contribution in [2.75, 3.05) is 18.5 Å². The fourth-order valence-corrected chi connectivity index (χ4v) is 2.83. The summed E-state index contributed by atoms with van der Waals surface area (Å²) in [6.45, 7) is 0.891. The average Bonchev–Trinajstić information content (AvgIpc) is 3.15. The summed E-state index contributed by atoms with van der Waals surface area (Å²) < 4.78 is 58.5. The standard InChI is InChI=1S/C19H18F4N2O2/c20-16-9-14(25-17-4-2-1-3-15(17)19(21,22)23)6-5-12(16)10-24-18(26)13-7-8-27-11-13/h1-6,9,13,25H,7-8,10-11H2,(H,24,26)/t13-/m1/s1. The van der Waals surface area contributed by atoms with Crippen molar-refractivity contribution in [3.8, 4) is 0 Å². The molecule has 144 valence electrons. The number of halogens is 4. The number of carbonyl (C=O) groups is 1. The maximum absolute atomic E-state index is 14.3. The molecule has 3 rings (SSSR count). The molecule has 0 radical (unpaired) electrons. The van der Waals surface area contributed by atoms with Gasteiger partial charge in [-0.15, -0.1) is 0 Å². The van der Waals surface area contributed by atoms with Gasteiger partial charge in [0, 0.05) is 24.4 Å². The first-order chi connectivity index (χ1) is 12.8. The summed E-state index contributed by atoms with van der Waals surface area (Å²) in [6.07, 6.45) is -3.88. The summed E-state index contributed by atoms with van der Waals surface area (Å²) in [7, 11) is 0. The van der Waals surface area contributed by atoms with Crippen LogP contribution in [0.3, 0.4) is 0 Å². The van der Waals surface area contributed by atoms with Gasteiger partial charge in [-0.25, -0.2) is 4.39 Å². The van der Waals surface area contributed by atoms with E-state index in [2.05, 4.69) is 10.6 Å². The second kappa shape index (κ2) is 7.96. The lowest BCUT2D eigenvalue weighted by atomic mass is 10.1. The Morgan fingerprint density at radius 2 is 1.96 bits per heavy atom. The first-order valence-electron chi connectivity index (χ1n) is 8.42. The van der Waals surface area contributed by atoms with Crippen molar-refractivity contribution in [2.45, 2.75) is 19.1 Å². The highest BCUT2D eigenvalue weighted by Gasteiger charge is 2.33. The van der Waals surface area contributed by atoms with E-state index in [0.29, 0.717) is 19.6 Å². The number of hydrogen-bond acceptors (Lipinski definition) is 3. The molecule has 2 N–H and O–H groups in total. The third-order valence-corrected chi connectivity index (χ3v) is 4.32. The highest BCUT2D eigenvalue weighted by molar-refractivity contribution is 5.79. The van der Waals surface area contributed by atoms with E-state index in [4.69, 9.17) is 4.74 Å². The summed E-state index contributed by atoms with van der Waals surface area (Å²) in [5, 5.41) is 5.24. The minimum absolute atomic E-state index is 0.000580. The molecule has 1 aliphatic rings. The van der Waals surface area contributed by atoms with Crippen LogP contribution < -0.4 is 10.6 Å². The highest BCUT2D eigenvalue weighted by atomic mass is 19.4. The van der Waals surface area contributed by atoms with Gasteiger partial charge in [0.25, 0.3) is 0 Å². The van der Waals surface area contributed by atoms with Crippen molar-refractivity contribution < 1.29 is 27.1 Å². The van der Waals surface area contributed by atoms with E-state index in [1.807, 2.05) is 0 Å². The molecule has 0 unspecified atom stereocenters. The summed E-state index contributed by atoms with van der Waals surface area (Å²) >= 11 is 0. The third-order valence-electron chi connectivity index (χ3n) is 4.32. The normalized spacial score (nSPS) is 17.0. The van der Waals surface area contributed by atoms with Gasteiger partial charge in [-0.2, -0.15) is 13.2 Å². The maximum Gasteiger partial charge on any atom is 0.418 e. The highest BCUT2D eigenvalue weighted by Crippen LogP contribution is 2.36. The maximum atomic E-state index is 14.3. The van der Waals surface area contributed by atoms with Crippen molar-refractivity contribution in [2.24, 2.45) is 5.92 Å². The van der Waals surface area contributed by atoms with Gasteiger partial charge in [-0.3, -0.25) is 4.79 Å². The zero-order valence-corrected chi connectivity index (χ0v) is 14.3. The molecule has 0 saturated carbocycles. The summed E-state index contributed by atoms with van der Waals surface area (Å²) in [6, 6.07) is 8.98. The summed E-state index contributed by atoms with van der Waals surface area (Å²) in [5.41, 5.74) is -0.562. The van der Waals surface area contributed by atoms with Gasteiger partial charge in [0.2, 0.25) is 5.91 Å². The van der Waals surface area contributed by atoms with Crippen LogP contribution in [0.15, 0.2) is 42.5 Å². The Balaban J connectivity index is 1.67. The number of amides is 1. The SMILES string of the molecule is O=C(NCc1ccc(Nc2ccccc2C(F)(F)F)cc1F)[C@@H]1CCOC1. The molecule has 0 aromatic heterocycles. The van der Waals surface area contributed by atoms with E-state index in [1.165, 1.54) is 30.3 Å². The fraction of sp³-hybridized carbons (Fsp3) is 0.316. The van der Waals surface area contributed by atoms with Crippen LogP contribution in [0, 0.1) is 11.7 Å². The number of carbonyl (C=O) groups excluding carboxylic acids is 1. The molecule has 4 nitrogen and oxygen atoms in total. The minimum Gasteiger partial charge on any atom is -0.381 e.